The molecular weight excluding hydrogens is 378 g/mol. The molecule has 0 saturated carbocycles. The molecule has 1 heterocycles. The largest absolute Gasteiger partial charge is 0.487 e. The number of carbonyl (C=O) groups is 2. The first-order chi connectivity index (χ1) is 14.0. The molecule has 2 aromatic rings. The molecule has 1 saturated heterocycles. The van der Waals surface area contributed by atoms with Crippen molar-refractivity contribution in [1.29, 1.82) is 0 Å². The van der Waals surface area contributed by atoms with Crippen LogP contribution in [0.25, 0.3) is 0 Å². The van der Waals surface area contributed by atoms with Gasteiger partial charge in [-0.05, 0) is 17.7 Å². The van der Waals surface area contributed by atoms with Crippen LogP contribution in [-0.2, 0) is 16.0 Å². The van der Waals surface area contributed by atoms with Crippen LogP contribution in [0.15, 0.2) is 48.5 Å². The minimum absolute atomic E-state index is 0.0253. The molecule has 7 heteroatoms. The van der Waals surface area contributed by atoms with E-state index in [9.17, 15) is 18.4 Å². The Kier molecular flexibility index (Phi) is 7.16. The molecule has 1 fully saturated rings. The van der Waals surface area contributed by atoms with Crippen molar-refractivity contribution in [2.75, 3.05) is 19.6 Å². The summed E-state index contributed by atoms with van der Waals surface area (Å²) in [6.07, 6.45) is 1.45. The van der Waals surface area contributed by atoms with Gasteiger partial charge >= 0.3 is 0 Å². The molecule has 29 heavy (non-hydrogen) atoms. The highest BCUT2D eigenvalue weighted by Crippen LogP contribution is 2.23. The van der Waals surface area contributed by atoms with Crippen molar-refractivity contribution < 1.29 is 23.1 Å². The third-order valence-electron chi connectivity index (χ3n) is 4.85. The first-order valence-corrected chi connectivity index (χ1v) is 9.71. The maximum atomic E-state index is 13.7. The van der Waals surface area contributed by atoms with Crippen LogP contribution in [0.2, 0.25) is 0 Å². The van der Waals surface area contributed by atoms with Crippen LogP contribution < -0.4 is 10.1 Å². The number of hydrogen-bond donors (Lipinski definition) is 1. The Morgan fingerprint density at radius 3 is 2.48 bits per heavy atom. The summed E-state index contributed by atoms with van der Waals surface area (Å²) >= 11 is 0. The molecule has 0 aromatic heterocycles. The van der Waals surface area contributed by atoms with E-state index in [2.05, 4.69) is 5.32 Å². The van der Waals surface area contributed by atoms with E-state index in [4.69, 9.17) is 4.74 Å². The van der Waals surface area contributed by atoms with Crippen molar-refractivity contribution in [1.82, 2.24) is 10.2 Å². The van der Waals surface area contributed by atoms with E-state index in [0.29, 0.717) is 32.5 Å². The number of nitrogens with zero attached hydrogens (tertiary/aromatic N) is 1. The van der Waals surface area contributed by atoms with Gasteiger partial charge in [-0.2, -0.15) is 0 Å². The van der Waals surface area contributed by atoms with Crippen LogP contribution in [0.3, 0.4) is 0 Å². The zero-order chi connectivity index (χ0) is 20.6. The van der Waals surface area contributed by atoms with E-state index in [-0.39, 0.29) is 36.5 Å². The van der Waals surface area contributed by atoms with Crippen LogP contribution in [-0.4, -0.2) is 42.5 Å². The Balaban J connectivity index is 1.36. The van der Waals surface area contributed by atoms with Gasteiger partial charge in [0.2, 0.25) is 11.8 Å². The lowest BCUT2D eigenvalue weighted by molar-refractivity contribution is -0.133. The van der Waals surface area contributed by atoms with Gasteiger partial charge in [-0.25, -0.2) is 8.78 Å². The Bertz CT molecular complexity index is 837. The third kappa shape index (κ3) is 6.27. The van der Waals surface area contributed by atoms with Crippen molar-refractivity contribution >= 4 is 11.8 Å². The molecule has 154 valence electrons. The smallest absolute Gasteiger partial charge is 0.224 e. The van der Waals surface area contributed by atoms with Gasteiger partial charge in [0.1, 0.15) is 11.9 Å². The predicted octanol–water partition coefficient (Wildman–Crippen LogP) is 3.08. The molecule has 1 N–H and O–H groups in total. The first kappa shape index (κ1) is 20.8. The summed E-state index contributed by atoms with van der Waals surface area (Å²) in [7, 11) is 0. The van der Waals surface area contributed by atoms with Gasteiger partial charge in [-0.3, -0.25) is 9.59 Å². The van der Waals surface area contributed by atoms with Crippen LogP contribution in [0.5, 0.6) is 5.75 Å². The molecule has 1 aliphatic heterocycles. The van der Waals surface area contributed by atoms with Crippen molar-refractivity contribution in [3.63, 3.8) is 0 Å². The van der Waals surface area contributed by atoms with Gasteiger partial charge < -0.3 is 15.0 Å². The molecule has 0 unspecified atom stereocenters. The quantitative estimate of drug-likeness (QED) is 0.774. The van der Waals surface area contributed by atoms with Crippen LogP contribution >= 0.6 is 0 Å². The lowest BCUT2D eigenvalue weighted by atomic mass is 10.1. The zero-order valence-corrected chi connectivity index (χ0v) is 16.1. The van der Waals surface area contributed by atoms with Gasteiger partial charge in [-0.1, -0.05) is 30.3 Å². The third-order valence-corrected chi connectivity index (χ3v) is 4.85. The average Bonchev–Trinajstić information content (AvgIpc) is 2.71. The summed E-state index contributed by atoms with van der Waals surface area (Å²) in [5, 5.41) is 2.77. The number of nitrogens with one attached hydrogen (secondary N) is 1. The zero-order valence-electron chi connectivity index (χ0n) is 16.1. The van der Waals surface area contributed by atoms with E-state index in [1.165, 1.54) is 6.07 Å². The predicted molar refractivity (Wildman–Crippen MR) is 104 cm³/mol. The molecule has 1 aliphatic rings. The van der Waals surface area contributed by atoms with E-state index in [0.717, 1.165) is 17.7 Å². The van der Waals surface area contributed by atoms with Gasteiger partial charge in [0, 0.05) is 45.0 Å². The maximum absolute atomic E-state index is 13.7. The summed E-state index contributed by atoms with van der Waals surface area (Å²) in [5.74, 6) is -1.49. The molecule has 3 rings (SSSR count). The molecule has 0 radical (unpaired) electrons. The number of halogens is 2. The second kappa shape index (κ2) is 10.0. The Morgan fingerprint density at radius 2 is 1.79 bits per heavy atom. The van der Waals surface area contributed by atoms with Gasteiger partial charge in [-0.15, -0.1) is 0 Å². The monoisotopic (exact) mass is 402 g/mol. The molecule has 2 amide bonds. The topological polar surface area (TPSA) is 58.6 Å². The SMILES string of the molecule is O=C(Cc1ccccc1)NCCC(=O)N1CCC(Oc2ccc(F)cc2F)CC1. The fourth-order valence-corrected chi connectivity index (χ4v) is 3.28. The summed E-state index contributed by atoms with van der Waals surface area (Å²) in [4.78, 5) is 26.0. The van der Waals surface area contributed by atoms with Crippen LogP contribution in [0.4, 0.5) is 8.78 Å². The number of ether oxygens (including phenoxy) is 1. The first-order valence-electron chi connectivity index (χ1n) is 9.71. The highest BCUT2D eigenvalue weighted by Gasteiger charge is 2.24. The van der Waals surface area contributed by atoms with E-state index < -0.39 is 11.6 Å². The summed E-state index contributed by atoms with van der Waals surface area (Å²) in [6, 6.07) is 12.6. The van der Waals surface area contributed by atoms with E-state index in [1.54, 1.807) is 4.90 Å². The average molecular weight is 402 g/mol. The van der Waals surface area contributed by atoms with Gasteiger partial charge in [0.25, 0.3) is 0 Å². The standard InChI is InChI=1S/C22H24F2N2O3/c23-17-6-7-20(19(24)15-17)29-18-9-12-26(13-10-18)22(28)8-11-25-21(27)14-16-4-2-1-3-5-16/h1-7,15,18H,8-14H2,(H,25,27). The normalized spacial score (nSPS) is 14.5. The Labute approximate surface area is 168 Å². The highest BCUT2D eigenvalue weighted by atomic mass is 19.1. The van der Waals surface area contributed by atoms with Crippen molar-refractivity contribution in [3.8, 4) is 5.75 Å². The van der Waals surface area contributed by atoms with Crippen LogP contribution in [0, 0.1) is 11.6 Å². The summed E-state index contributed by atoms with van der Waals surface area (Å²) < 4.78 is 32.3. The Morgan fingerprint density at radius 1 is 1.07 bits per heavy atom. The molecule has 0 atom stereocenters. The van der Waals surface area contributed by atoms with E-state index >= 15 is 0 Å². The summed E-state index contributed by atoms with van der Waals surface area (Å²) in [6.45, 7) is 1.30. The molecule has 0 aliphatic carbocycles. The van der Waals surface area contributed by atoms with Crippen LogP contribution in [0.1, 0.15) is 24.8 Å². The van der Waals surface area contributed by atoms with E-state index in [1.807, 2.05) is 30.3 Å². The number of piperidine rings is 1. The highest BCUT2D eigenvalue weighted by molar-refractivity contribution is 5.80. The number of benzene rings is 2. The van der Waals surface area contributed by atoms with Gasteiger partial charge in [0.15, 0.2) is 11.6 Å². The van der Waals surface area contributed by atoms with Gasteiger partial charge in [0.05, 0.1) is 6.42 Å². The fraction of sp³-hybridized carbons (Fsp3) is 0.364. The number of hydrogen-bond acceptors (Lipinski definition) is 3. The fourth-order valence-electron chi connectivity index (χ4n) is 3.28. The molecule has 2 aromatic carbocycles. The minimum atomic E-state index is -0.727. The van der Waals surface area contributed by atoms with Crippen molar-refractivity contribution in [2.24, 2.45) is 0 Å². The summed E-state index contributed by atoms with van der Waals surface area (Å²) in [5.41, 5.74) is 0.927. The van der Waals surface area contributed by atoms with Crippen molar-refractivity contribution in [3.05, 3.63) is 65.7 Å². The van der Waals surface area contributed by atoms with Crippen molar-refractivity contribution in [2.45, 2.75) is 31.8 Å². The molecular formula is C22H24F2N2O3. The molecule has 0 spiro atoms. The number of likely N-dealkylation sites (tertiary alicyclic amines) is 1. The molecule has 5 nitrogen and oxygen atoms in total. The molecule has 0 bridgehead atoms. The maximum Gasteiger partial charge on any atom is 0.224 e. The lowest BCUT2D eigenvalue weighted by Gasteiger charge is -2.32. The second-order valence-corrected chi connectivity index (χ2v) is 7.04. The number of rotatable bonds is 7. The second-order valence-electron chi connectivity index (χ2n) is 7.04. The minimum Gasteiger partial charge on any atom is -0.487 e. The Hall–Kier alpha value is -2.96. The lowest BCUT2D eigenvalue weighted by Crippen LogP contribution is -2.43. The number of carbonyl (C=O) groups excluding carboxylic acids is 2. The number of amides is 2.